The predicted octanol–water partition coefficient (Wildman–Crippen LogP) is 4.92. The number of methoxy groups -OCH3 is 1. The first-order valence-corrected chi connectivity index (χ1v) is 8.39. The highest BCUT2D eigenvalue weighted by atomic mass is 16.5. The fraction of sp³-hybridized carbons (Fsp3) is 0.190. The molecule has 0 saturated carbocycles. The van der Waals surface area contributed by atoms with Crippen LogP contribution in [0.3, 0.4) is 0 Å². The van der Waals surface area contributed by atoms with Crippen molar-refractivity contribution >= 4 is 21.9 Å². The maximum Gasteiger partial charge on any atom is 0.336 e. The lowest BCUT2D eigenvalue weighted by atomic mass is 10.0. The van der Waals surface area contributed by atoms with Gasteiger partial charge in [-0.2, -0.15) is 0 Å². The predicted molar refractivity (Wildman–Crippen MR) is 100 cm³/mol. The zero-order valence-corrected chi connectivity index (χ0v) is 14.8. The molecule has 0 aliphatic rings. The second-order valence-electron chi connectivity index (χ2n) is 6.02. The topological polar surface area (TPSA) is 61.8 Å². The number of furan rings is 1. The number of hydrogen-bond acceptors (Lipinski definition) is 5. The first-order chi connectivity index (χ1) is 12.6. The first kappa shape index (κ1) is 16.3. The molecule has 2 aromatic carbocycles. The number of benzene rings is 2. The van der Waals surface area contributed by atoms with Crippen LogP contribution in [0.4, 0.5) is 0 Å². The third-order valence-corrected chi connectivity index (χ3v) is 4.33. The average molecular weight is 350 g/mol. The lowest BCUT2D eigenvalue weighted by molar-refractivity contribution is 0.338. The van der Waals surface area contributed by atoms with E-state index in [1.165, 1.54) is 6.07 Å². The summed E-state index contributed by atoms with van der Waals surface area (Å²) in [5.41, 5.74) is 2.29. The second kappa shape index (κ2) is 6.26. The van der Waals surface area contributed by atoms with E-state index in [1.54, 1.807) is 7.11 Å². The quantitative estimate of drug-likeness (QED) is 0.489. The van der Waals surface area contributed by atoms with Gasteiger partial charge in [0, 0.05) is 22.4 Å². The summed E-state index contributed by atoms with van der Waals surface area (Å²) in [6, 6.07) is 12.7. The summed E-state index contributed by atoms with van der Waals surface area (Å²) in [7, 11) is 1.60. The van der Waals surface area contributed by atoms with Crippen molar-refractivity contribution in [2.45, 2.75) is 13.8 Å². The molecule has 5 nitrogen and oxygen atoms in total. The molecule has 0 aliphatic heterocycles. The van der Waals surface area contributed by atoms with Crippen molar-refractivity contribution in [2.75, 3.05) is 13.7 Å². The second-order valence-corrected chi connectivity index (χ2v) is 6.02. The Morgan fingerprint density at radius 1 is 1.04 bits per heavy atom. The molecule has 0 aliphatic carbocycles. The average Bonchev–Trinajstić information content (AvgIpc) is 3.06. The lowest BCUT2D eigenvalue weighted by Gasteiger charge is -2.10. The molecular formula is C21H18O5. The van der Waals surface area contributed by atoms with Gasteiger partial charge in [-0.25, -0.2) is 4.79 Å². The van der Waals surface area contributed by atoms with E-state index in [-0.39, 0.29) is 0 Å². The Morgan fingerprint density at radius 3 is 2.65 bits per heavy atom. The van der Waals surface area contributed by atoms with Gasteiger partial charge in [-0.15, -0.1) is 0 Å². The van der Waals surface area contributed by atoms with E-state index >= 15 is 0 Å². The SMILES string of the molecule is CCOc1cc2c(-c3cc4cccc(OC)c4o3)cc(=O)oc2cc1C. The zero-order chi connectivity index (χ0) is 18.3. The molecular weight excluding hydrogens is 332 g/mol. The highest BCUT2D eigenvalue weighted by Crippen LogP contribution is 2.37. The number of rotatable bonds is 4. The van der Waals surface area contributed by atoms with Gasteiger partial charge >= 0.3 is 5.63 Å². The van der Waals surface area contributed by atoms with Crippen LogP contribution in [-0.4, -0.2) is 13.7 Å². The van der Waals surface area contributed by atoms with Gasteiger partial charge in [0.05, 0.1) is 13.7 Å². The van der Waals surface area contributed by atoms with Crippen molar-refractivity contribution in [3.63, 3.8) is 0 Å². The number of ether oxygens (including phenoxy) is 2. The van der Waals surface area contributed by atoms with Crippen LogP contribution in [0.1, 0.15) is 12.5 Å². The fourth-order valence-electron chi connectivity index (χ4n) is 3.13. The highest BCUT2D eigenvalue weighted by Gasteiger charge is 2.16. The molecule has 26 heavy (non-hydrogen) atoms. The molecule has 4 rings (SSSR count). The van der Waals surface area contributed by atoms with Crippen molar-refractivity contribution in [3.05, 3.63) is 58.4 Å². The van der Waals surface area contributed by atoms with Crippen LogP contribution in [0.5, 0.6) is 11.5 Å². The molecule has 4 aromatic rings. The Bertz CT molecular complexity index is 1170. The Kier molecular flexibility index (Phi) is 3.92. The van der Waals surface area contributed by atoms with Crippen LogP contribution in [0.2, 0.25) is 0 Å². The van der Waals surface area contributed by atoms with E-state index < -0.39 is 5.63 Å². The van der Waals surface area contributed by atoms with Gasteiger partial charge in [-0.3, -0.25) is 0 Å². The van der Waals surface area contributed by atoms with Gasteiger partial charge in [0.25, 0.3) is 0 Å². The maximum absolute atomic E-state index is 12.1. The van der Waals surface area contributed by atoms with Gasteiger partial charge in [0.2, 0.25) is 0 Å². The summed E-state index contributed by atoms with van der Waals surface area (Å²) < 4.78 is 22.5. The van der Waals surface area contributed by atoms with Gasteiger partial charge < -0.3 is 18.3 Å². The van der Waals surface area contributed by atoms with E-state index in [1.807, 2.05) is 50.2 Å². The van der Waals surface area contributed by atoms with Crippen LogP contribution in [-0.2, 0) is 0 Å². The first-order valence-electron chi connectivity index (χ1n) is 8.39. The van der Waals surface area contributed by atoms with E-state index in [0.29, 0.717) is 34.8 Å². The molecule has 0 atom stereocenters. The molecule has 5 heteroatoms. The lowest BCUT2D eigenvalue weighted by Crippen LogP contribution is -2.00. The van der Waals surface area contributed by atoms with Gasteiger partial charge in [0.1, 0.15) is 17.1 Å². The van der Waals surface area contributed by atoms with Gasteiger partial charge in [0.15, 0.2) is 11.3 Å². The summed E-state index contributed by atoms with van der Waals surface area (Å²) in [4.78, 5) is 12.1. The van der Waals surface area contributed by atoms with Crippen molar-refractivity contribution in [2.24, 2.45) is 0 Å². The van der Waals surface area contributed by atoms with Gasteiger partial charge in [-0.1, -0.05) is 12.1 Å². The summed E-state index contributed by atoms with van der Waals surface area (Å²) in [6.45, 7) is 4.41. The standard InChI is InChI=1S/C21H18O5/c1-4-24-17-10-14-15(11-20(22)25-18(14)8-12(17)2)19-9-13-6-5-7-16(23-3)21(13)26-19/h5-11H,4H2,1-3H3. The van der Waals surface area contributed by atoms with Gasteiger partial charge in [-0.05, 0) is 43.7 Å². The number of aryl methyl sites for hydroxylation is 1. The Hall–Kier alpha value is -3.21. The zero-order valence-electron chi connectivity index (χ0n) is 14.8. The third-order valence-electron chi connectivity index (χ3n) is 4.33. The fourth-order valence-corrected chi connectivity index (χ4v) is 3.13. The largest absolute Gasteiger partial charge is 0.494 e. The van der Waals surface area contributed by atoms with Crippen molar-refractivity contribution in [1.82, 2.24) is 0 Å². The van der Waals surface area contributed by atoms with E-state index in [9.17, 15) is 4.79 Å². The Balaban J connectivity index is 2.01. The molecule has 0 saturated heterocycles. The van der Waals surface area contributed by atoms with E-state index in [2.05, 4.69) is 0 Å². The number of hydrogen-bond donors (Lipinski definition) is 0. The maximum atomic E-state index is 12.1. The summed E-state index contributed by atoms with van der Waals surface area (Å²) >= 11 is 0. The molecule has 132 valence electrons. The molecule has 0 unspecified atom stereocenters. The molecule has 0 bridgehead atoms. The summed E-state index contributed by atoms with van der Waals surface area (Å²) in [5.74, 6) is 1.98. The smallest absolute Gasteiger partial charge is 0.336 e. The molecule has 0 spiro atoms. The number of fused-ring (bicyclic) bond motifs is 2. The molecule has 2 heterocycles. The van der Waals surface area contributed by atoms with E-state index in [4.69, 9.17) is 18.3 Å². The monoisotopic (exact) mass is 350 g/mol. The van der Waals surface area contributed by atoms with Crippen LogP contribution in [0, 0.1) is 6.92 Å². The van der Waals surface area contributed by atoms with Crippen LogP contribution in [0.15, 0.2) is 56.1 Å². The molecule has 0 amide bonds. The highest BCUT2D eigenvalue weighted by molar-refractivity contribution is 5.96. The minimum atomic E-state index is -0.427. The Morgan fingerprint density at radius 2 is 1.88 bits per heavy atom. The van der Waals surface area contributed by atoms with E-state index in [0.717, 1.165) is 22.1 Å². The summed E-state index contributed by atoms with van der Waals surface area (Å²) in [6.07, 6.45) is 0. The minimum Gasteiger partial charge on any atom is -0.494 e. The van der Waals surface area contributed by atoms with Crippen LogP contribution >= 0.6 is 0 Å². The molecule has 0 fully saturated rings. The van der Waals surface area contributed by atoms with Crippen LogP contribution < -0.4 is 15.1 Å². The van der Waals surface area contributed by atoms with Crippen LogP contribution in [0.25, 0.3) is 33.3 Å². The molecule has 0 N–H and O–H groups in total. The normalized spacial score (nSPS) is 11.2. The van der Waals surface area contributed by atoms with Crippen molar-refractivity contribution in [3.8, 4) is 22.8 Å². The van der Waals surface area contributed by atoms with Crippen molar-refractivity contribution < 1.29 is 18.3 Å². The third kappa shape index (κ3) is 2.62. The molecule has 0 radical (unpaired) electrons. The number of para-hydroxylation sites is 1. The Labute approximate surface area is 149 Å². The minimum absolute atomic E-state index is 0.427. The van der Waals surface area contributed by atoms with Crippen molar-refractivity contribution in [1.29, 1.82) is 0 Å². The molecule has 2 aromatic heterocycles. The summed E-state index contributed by atoms with van der Waals surface area (Å²) in [5, 5.41) is 1.66.